The number of methoxy groups -OCH3 is 2. The molecule has 4 rings (SSSR count). The van der Waals surface area contributed by atoms with Crippen molar-refractivity contribution < 1.29 is 43.1 Å². The lowest BCUT2D eigenvalue weighted by Crippen LogP contribution is -2.58. The average Bonchev–Trinajstić information content (AvgIpc) is 3.19. The van der Waals surface area contributed by atoms with E-state index >= 15 is 0 Å². The quantitative estimate of drug-likeness (QED) is 0.322. The van der Waals surface area contributed by atoms with Gasteiger partial charge >= 0.3 is 0 Å². The number of fused-ring (bicyclic) bond motifs is 1. The van der Waals surface area contributed by atoms with Crippen LogP contribution in [0, 0.1) is 13.8 Å². The molecule has 1 heterocycles. The van der Waals surface area contributed by atoms with E-state index in [2.05, 4.69) is 32.9 Å². The first-order chi connectivity index (χ1) is 16.1. The highest BCUT2D eigenvalue weighted by atomic mass is 127. The van der Waals surface area contributed by atoms with Gasteiger partial charge in [-0.15, -0.1) is 0 Å². The van der Waals surface area contributed by atoms with E-state index in [-0.39, 0.29) is 5.91 Å². The van der Waals surface area contributed by atoms with Gasteiger partial charge in [0.05, 0.1) is 39.3 Å². The monoisotopic (exact) mass is 616 g/mol. The van der Waals surface area contributed by atoms with Crippen molar-refractivity contribution in [2.24, 2.45) is 0 Å². The van der Waals surface area contributed by atoms with Crippen molar-refractivity contribution in [3.63, 3.8) is 0 Å². The second-order valence-electron chi connectivity index (χ2n) is 6.63. The van der Waals surface area contributed by atoms with Crippen LogP contribution >= 0.6 is 33.9 Å². The third-order valence-corrected chi connectivity index (χ3v) is 6.32. The van der Waals surface area contributed by atoms with Crippen LogP contribution in [0.1, 0.15) is 10.4 Å². The molecule has 178 valence electrons. The van der Waals surface area contributed by atoms with E-state index < -0.39 is 10.2 Å². The lowest BCUT2D eigenvalue weighted by atomic mass is 10.0. The van der Waals surface area contributed by atoms with Crippen LogP contribution in [0.2, 0.25) is 0 Å². The predicted octanol–water partition coefficient (Wildman–Crippen LogP) is 1.71. The first kappa shape index (κ1) is 26.1. The average molecular weight is 617 g/mol. The van der Waals surface area contributed by atoms with Crippen molar-refractivity contribution in [2.75, 3.05) is 19.5 Å². The fourth-order valence-corrected chi connectivity index (χ4v) is 4.44. The number of hydrogen-bond acceptors (Lipinski definition) is 9. The Bertz CT molecular complexity index is 1290. The Labute approximate surface area is 214 Å². The summed E-state index contributed by atoms with van der Waals surface area (Å²) in [6, 6.07) is 19.1. The third-order valence-electron chi connectivity index (χ3n) is 4.45. The maximum atomic E-state index is 12.6. The molecule has 4 aromatic rings. The van der Waals surface area contributed by atoms with Gasteiger partial charge in [-0.1, -0.05) is 23.5 Å². The molecule has 9 nitrogen and oxygen atoms in total. The number of anilines is 1. The summed E-state index contributed by atoms with van der Waals surface area (Å²) >= 11 is 3.71. The molecule has 0 saturated heterocycles. The maximum Gasteiger partial charge on any atom is 0.257 e. The molecule has 0 atom stereocenters. The second-order valence-corrected chi connectivity index (χ2v) is 9.61. The molecule has 1 aromatic heterocycles. The minimum Gasteiger partial charge on any atom is -0.497 e. The lowest BCUT2D eigenvalue weighted by molar-refractivity contribution is -1.92. The van der Waals surface area contributed by atoms with Crippen LogP contribution in [0.4, 0.5) is 5.13 Å². The molecule has 2 N–H and O–H groups in total. The van der Waals surface area contributed by atoms with Gasteiger partial charge in [-0.2, -0.15) is 14.0 Å². The second kappa shape index (κ2) is 11.3. The number of nitrogens with one attached hydrogen (secondary N) is 1. The van der Waals surface area contributed by atoms with E-state index in [1.165, 1.54) is 11.3 Å². The molecule has 34 heavy (non-hydrogen) atoms. The van der Waals surface area contributed by atoms with E-state index in [1.807, 2.05) is 60.7 Å². The van der Waals surface area contributed by atoms with Crippen molar-refractivity contribution in [1.82, 2.24) is 4.98 Å². The van der Waals surface area contributed by atoms with E-state index in [9.17, 15) is 4.79 Å². The number of benzene rings is 3. The highest BCUT2D eigenvalue weighted by Crippen LogP contribution is 2.31. The van der Waals surface area contributed by atoms with Gasteiger partial charge in [0.15, 0.2) is 5.13 Å². The Balaban J connectivity index is 0.000000588. The largest absolute Gasteiger partial charge is 0.497 e. The summed E-state index contributed by atoms with van der Waals surface area (Å²) in [4.78, 5) is 17.1. The van der Waals surface area contributed by atoms with Gasteiger partial charge in [0.2, 0.25) is 0 Å². The topological polar surface area (TPSA) is 150 Å². The number of aromatic nitrogens is 1. The Hall–Kier alpha value is -2.52. The van der Waals surface area contributed by atoms with E-state index in [0.717, 1.165) is 36.4 Å². The van der Waals surface area contributed by atoms with Gasteiger partial charge in [0, 0.05) is 9.13 Å². The van der Waals surface area contributed by atoms with Gasteiger partial charge in [-0.25, -0.2) is 4.98 Å². The minimum atomic E-state index is -4.69. The predicted molar refractivity (Wildman–Crippen MR) is 127 cm³/mol. The van der Waals surface area contributed by atoms with Gasteiger partial charge < -0.3 is 9.47 Å². The number of halogens is 2. The molecule has 0 aliphatic carbocycles. The minimum absolute atomic E-state index is 0.192. The van der Waals surface area contributed by atoms with Crippen molar-refractivity contribution >= 4 is 55.2 Å². The number of thiazole rings is 1. The van der Waals surface area contributed by atoms with Crippen LogP contribution < -0.4 is 28.8 Å². The zero-order chi connectivity index (χ0) is 24.9. The van der Waals surface area contributed by atoms with Gasteiger partial charge in [0.25, 0.3) is 5.91 Å². The Morgan fingerprint density at radius 2 is 1.59 bits per heavy atom. The number of rotatable bonds is 5. The highest BCUT2D eigenvalue weighted by Gasteiger charge is 2.12. The summed E-state index contributed by atoms with van der Waals surface area (Å²) in [6.45, 7) is 0. The number of nitrogens with zero attached hydrogens (tertiary/aromatic N) is 1. The number of ether oxygens (including phenoxy) is 2. The molecule has 0 aliphatic rings. The van der Waals surface area contributed by atoms with Gasteiger partial charge in [-0.3, -0.25) is 10.1 Å². The molecule has 0 fully saturated rings. The van der Waals surface area contributed by atoms with Gasteiger partial charge in [-0.05, 0) is 82.2 Å². The Morgan fingerprint density at radius 3 is 2.21 bits per heavy atom. The number of hydrogen-bond donors (Lipinski definition) is 2. The van der Waals surface area contributed by atoms with Crippen molar-refractivity contribution in [3.8, 4) is 22.6 Å². The van der Waals surface area contributed by atoms with Crippen LogP contribution in [0.25, 0.3) is 21.3 Å². The SMILES string of the molecule is COc1ccc(I)c(-c2ccc(C(=O)Nc3nc4ccc(OC)cc4s3)cc2)c1.[O-][Cl+3]([O-])([O-])O. The molecule has 0 saturated carbocycles. The van der Waals surface area contributed by atoms with Crippen LogP contribution in [-0.4, -0.2) is 29.8 Å². The van der Waals surface area contributed by atoms with Crippen molar-refractivity contribution in [2.45, 2.75) is 0 Å². The smallest absolute Gasteiger partial charge is 0.257 e. The van der Waals surface area contributed by atoms with Crippen LogP contribution in [0.15, 0.2) is 60.7 Å². The maximum absolute atomic E-state index is 12.6. The standard InChI is InChI=1S/C22H17IN2O3S.ClHO4/c1-27-15-7-9-18(23)17(11-15)13-3-5-14(6-4-13)21(26)25-22-24-19-10-8-16(28-2)12-20(19)29-22;2-1(3,4)5/h3-12H,1-2H3,(H,24,25,26);(H,2,3,4,5). The van der Waals surface area contributed by atoms with Crippen LogP contribution in [0.5, 0.6) is 11.5 Å². The first-order valence-electron chi connectivity index (χ1n) is 9.40. The summed E-state index contributed by atoms with van der Waals surface area (Å²) in [5, 5.41) is 3.44. The molecule has 0 unspecified atom stereocenters. The highest BCUT2D eigenvalue weighted by molar-refractivity contribution is 14.1. The molecule has 1 amide bonds. The van der Waals surface area contributed by atoms with Crippen LogP contribution in [0.3, 0.4) is 0 Å². The van der Waals surface area contributed by atoms with E-state index in [1.54, 1.807) is 14.2 Å². The van der Waals surface area contributed by atoms with Crippen molar-refractivity contribution in [1.29, 1.82) is 0 Å². The van der Waals surface area contributed by atoms with Crippen LogP contribution in [-0.2, 0) is 0 Å². The van der Waals surface area contributed by atoms with Gasteiger partial charge in [0.1, 0.15) is 11.5 Å². The van der Waals surface area contributed by atoms with E-state index in [4.69, 9.17) is 28.1 Å². The molecule has 0 spiro atoms. The van der Waals surface area contributed by atoms with E-state index in [0.29, 0.717) is 10.7 Å². The Kier molecular flexibility index (Phi) is 8.65. The third kappa shape index (κ3) is 7.24. The molecular weight excluding hydrogens is 599 g/mol. The number of carbonyl (C=O) groups is 1. The summed E-state index contributed by atoms with van der Waals surface area (Å²) in [5.74, 6) is 1.37. The molecule has 0 aliphatic heterocycles. The van der Waals surface area contributed by atoms with Crippen molar-refractivity contribution in [3.05, 3.63) is 69.8 Å². The molecule has 0 bridgehead atoms. The normalized spacial score (nSPS) is 10.9. The summed E-state index contributed by atoms with van der Waals surface area (Å²) in [5.41, 5.74) is 3.49. The molecule has 12 heteroatoms. The number of carbonyl (C=O) groups excluding carboxylic acids is 1. The summed E-state index contributed by atoms with van der Waals surface area (Å²) in [6.07, 6.45) is 0. The first-order valence-corrected chi connectivity index (χ1v) is 12.6. The Morgan fingerprint density at radius 1 is 1.00 bits per heavy atom. The molecular formula is C22H18ClIN2O7S. The fourth-order valence-electron chi connectivity index (χ4n) is 2.91. The fraction of sp³-hybridized carbons (Fsp3) is 0.0909. The lowest BCUT2D eigenvalue weighted by Gasteiger charge is -2.08. The zero-order valence-electron chi connectivity index (χ0n) is 17.8. The molecule has 3 aromatic carbocycles. The molecule has 0 radical (unpaired) electrons. The summed E-state index contributed by atoms with van der Waals surface area (Å²) < 4.78 is 45.4. The zero-order valence-corrected chi connectivity index (χ0v) is 21.5. The summed E-state index contributed by atoms with van der Waals surface area (Å²) in [7, 11) is -1.42. The number of amides is 1.